The molecule has 1 aliphatic carbocycles. The van der Waals surface area contributed by atoms with Gasteiger partial charge in [-0.05, 0) is 24.8 Å². The molecule has 8 nitrogen and oxygen atoms in total. The quantitative estimate of drug-likeness (QED) is 0.406. The number of aliphatic carboxylic acids is 2. The van der Waals surface area contributed by atoms with E-state index in [1.807, 2.05) is 0 Å². The number of hydrogen-bond donors (Lipinski definition) is 5. The molecule has 0 aromatic heterocycles. The summed E-state index contributed by atoms with van der Waals surface area (Å²) < 4.78 is 63.5. The van der Waals surface area contributed by atoms with Crippen molar-refractivity contribution in [1.82, 2.24) is 16.0 Å². The lowest BCUT2D eigenvalue weighted by molar-refractivity contribution is -0.193. The Morgan fingerprint density at radius 1 is 0.929 bits per heavy atom. The van der Waals surface area contributed by atoms with Crippen LogP contribution < -0.4 is 16.0 Å². The van der Waals surface area contributed by atoms with Gasteiger partial charge in [0.15, 0.2) is 0 Å². The van der Waals surface area contributed by atoms with Crippen molar-refractivity contribution in [3.8, 4) is 0 Å². The van der Waals surface area contributed by atoms with Gasteiger partial charge in [-0.3, -0.25) is 4.79 Å². The van der Waals surface area contributed by atoms with Crippen molar-refractivity contribution in [3.05, 3.63) is 0 Å². The zero-order valence-corrected chi connectivity index (χ0v) is 14.3. The van der Waals surface area contributed by atoms with Gasteiger partial charge in [-0.1, -0.05) is 0 Å². The molecule has 1 saturated carbocycles. The van der Waals surface area contributed by atoms with Crippen LogP contribution in [-0.4, -0.2) is 72.6 Å². The second-order valence-corrected chi connectivity index (χ2v) is 6.52. The topological polar surface area (TPSA) is 128 Å². The number of rotatable bonds is 2. The van der Waals surface area contributed by atoms with E-state index in [4.69, 9.17) is 19.8 Å². The second-order valence-electron chi connectivity index (χ2n) is 6.52. The maximum absolute atomic E-state index is 11.8. The molecule has 0 radical (unpaired) electrons. The van der Waals surface area contributed by atoms with Crippen LogP contribution in [0.15, 0.2) is 0 Å². The number of carbonyl (C=O) groups excluding carboxylic acids is 1. The van der Waals surface area contributed by atoms with Gasteiger partial charge in [-0.15, -0.1) is 0 Å². The van der Waals surface area contributed by atoms with Crippen LogP contribution in [0.4, 0.5) is 26.3 Å². The molecular weight excluding hydrogens is 404 g/mol. The van der Waals surface area contributed by atoms with Gasteiger partial charge in [0.2, 0.25) is 5.91 Å². The fourth-order valence-electron chi connectivity index (χ4n) is 2.65. The Morgan fingerprint density at radius 3 is 1.68 bits per heavy atom. The summed E-state index contributed by atoms with van der Waals surface area (Å²) in [6, 6.07) is 0.398. The molecule has 1 spiro atoms. The lowest BCUT2D eigenvalue weighted by Crippen LogP contribution is -2.57. The zero-order valence-electron chi connectivity index (χ0n) is 14.3. The molecule has 0 bridgehead atoms. The number of carbonyl (C=O) groups is 3. The molecule has 0 aromatic carbocycles. The van der Waals surface area contributed by atoms with E-state index >= 15 is 0 Å². The van der Waals surface area contributed by atoms with E-state index in [1.165, 1.54) is 6.42 Å². The van der Waals surface area contributed by atoms with Crippen LogP contribution in [0.2, 0.25) is 0 Å². The Morgan fingerprint density at radius 2 is 1.39 bits per heavy atom. The van der Waals surface area contributed by atoms with E-state index in [0.717, 1.165) is 32.6 Å². The Balaban J connectivity index is 0.000000240. The lowest BCUT2D eigenvalue weighted by atomic mass is 10.0. The molecule has 162 valence electrons. The first kappa shape index (κ1) is 23.9. The summed E-state index contributed by atoms with van der Waals surface area (Å²) in [5, 5.41) is 23.9. The second kappa shape index (κ2) is 8.94. The zero-order chi connectivity index (χ0) is 21.8. The molecule has 2 saturated heterocycles. The third-order valence-electron chi connectivity index (χ3n) is 4.40. The number of carboxylic acid groups (broad SMARTS) is 2. The van der Waals surface area contributed by atoms with E-state index in [2.05, 4.69) is 16.0 Å². The number of alkyl halides is 6. The predicted octanol–water partition coefficient (Wildman–Crippen LogP) is 0.341. The van der Waals surface area contributed by atoms with Gasteiger partial charge in [-0.2, -0.15) is 26.3 Å². The maximum atomic E-state index is 11.8. The summed E-state index contributed by atoms with van der Waals surface area (Å²) in [6.45, 7) is 4.04. The Kier molecular flexibility index (Phi) is 7.65. The Bertz CT molecular complexity index is 561. The van der Waals surface area contributed by atoms with Gasteiger partial charge in [0, 0.05) is 25.6 Å². The van der Waals surface area contributed by atoms with Gasteiger partial charge in [-0.25, -0.2) is 9.59 Å². The van der Waals surface area contributed by atoms with Crippen molar-refractivity contribution in [2.24, 2.45) is 11.3 Å². The van der Waals surface area contributed by atoms with Crippen molar-refractivity contribution in [1.29, 1.82) is 0 Å². The van der Waals surface area contributed by atoms with Crippen LogP contribution in [0.25, 0.3) is 0 Å². The van der Waals surface area contributed by atoms with Crippen molar-refractivity contribution in [2.75, 3.05) is 26.2 Å². The highest BCUT2D eigenvalue weighted by molar-refractivity contribution is 5.83. The van der Waals surface area contributed by atoms with E-state index < -0.39 is 24.3 Å². The molecule has 28 heavy (non-hydrogen) atoms. The summed E-state index contributed by atoms with van der Waals surface area (Å²) in [5.74, 6) is -4.92. The maximum Gasteiger partial charge on any atom is 0.490 e. The van der Waals surface area contributed by atoms with Crippen molar-refractivity contribution >= 4 is 17.8 Å². The molecule has 3 fully saturated rings. The van der Waals surface area contributed by atoms with E-state index in [9.17, 15) is 31.1 Å². The highest BCUT2D eigenvalue weighted by Gasteiger charge is 2.59. The van der Waals surface area contributed by atoms with Gasteiger partial charge >= 0.3 is 24.3 Å². The molecule has 5 N–H and O–H groups in total. The largest absolute Gasteiger partial charge is 0.490 e. The standard InChI is InChI=1S/C10H17N3O.2C2HF3O2/c14-9(13-7-4-12-5-7)8-3-10(8)1-2-11-6-10;2*3-2(4,5)1(6)7/h7-8,11-12H,1-6H2,(H,13,14);2*(H,6,7). The number of carboxylic acids is 2. The minimum absolute atomic E-state index is 0.292. The summed E-state index contributed by atoms with van der Waals surface area (Å²) in [6.07, 6.45) is -7.88. The molecule has 0 aromatic rings. The van der Waals surface area contributed by atoms with Crippen molar-refractivity contribution in [3.63, 3.8) is 0 Å². The van der Waals surface area contributed by atoms with Gasteiger partial charge < -0.3 is 26.2 Å². The van der Waals surface area contributed by atoms with Crippen LogP contribution in [0.1, 0.15) is 12.8 Å². The third-order valence-corrected chi connectivity index (χ3v) is 4.40. The monoisotopic (exact) mass is 423 g/mol. The van der Waals surface area contributed by atoms with Crippen LogP contribution in [0.3, 0.4) is 0 Å². The molecule has 2 unspecified atom stereocenters. The first-order valence-corrected chi connectivity index (χ1v) is 8.01. The minimum Gasteiger partial charge on any atom is -0.475 e. The predicted molar refractivity (Wildman–Crippen MR) is 80.2 cm³/mol. The molecule has 14 heteroatoms. The van der Waals surface area contributed by atoms with Gasteiger partial charge in [0.05, 0.1) is 6.04 Å². The lowest BCUT2D eigenvalue weighted by Gasteiger charge is -2.28. The summed E-state index contributed by atoms with van der Waals surface area (Å²) in [5.41, 5.74) is 0.348. The smallest absolute Gasteiger partial charge is 0.475 e. The number of halogens is 6. The highest BCUT2D eigenvalue weighted by Crippen LogP contribution is 2.56. The highest BCUT2D eigenvalue weighted by atomic mass is 19.4. The van der Waals surface area contributed by atoms with Gasteiger partial charge in [0.1, 0.15) is 0 Å². The molecule has 1 amide bonds. The summed E-state index contributed by atoms with van der Waals surface area (Å²) >= 11 is 0. The number of amides is 1. The minimum atomic E-state index is -5.08. The molecular formula is C14H19F6N3O5. The third kappa shape index (κ3) is 7.14. The van der Waals surface area contributed by atoms with E-state index in [-0.39, 0.29) is 0 Å². The molecule has 2 aliphatic heterocycles. The Labute approximate surface area is 154 Å². The average Bonchev–Trinajstić information content (AvgIpc) is 2.99. The van der Waals surface area contributed by atoms with Crippen LogP contribution >= 0.6 is 0 Å². The van der Waals surface area contributed by atoms with Crippen LogP contribution in [0, 0.1) is 11.3 Å². The SMILES string of the molecule is O=C(NC1CNC1)C1CC12CCNC2.O=C(O)C(F)(F)F.O=C(O)C(F)(F)F. The average molecular weight is 423 g/mol. The normalized spacial score (nSPS) is 26.1. The van der Waals surface area contributed by atoms with E-state index in [0.29, 0.717) is 23.3 Å². The van der Waals surface area contributed by atoms with Crippen molar-refractivity contribution < 1.29 is 50.9 Å². The summed E-state index contributed by atoms with van der Waals surface area (Å²) in [4.78, 5) is 29.6. The fraction of sp³-hybridized carbons (Fsp3) is 0.786. The van der Waals surface area contributed by atoms with Gasteiger partial charge in [0.25, 0.3) is 0 Å². The number of nitrogens with one attached hydrogen (secondary N) is 3. The Hall–Kier alpha value is -2.09. The molecule has 3 rings (SSSR count). The first-order valence-electron chi connectivity index (χ1n) is 8.01. The van der Waals surface area contributed by atoms with Crippen molar-refractivity contribution in [2.45, 2.75) is 31.2 Å². The molecule has 2 heterocycles. The van der Waals surface area contributed by atoms with E-state index in [1.54, 1.807) is 0 Å². The van der Waals surface area contributed by atoms with Crippen LogP contribution in [-0.2, 0) is 14.4 Å². The number of hydrogen-bond acceptors (Lipinski definition) is 5. The summed E-state index contributed by atoms with van der Waals surface area (Å²) in [7, 11) is 0. The molecule has 3 aliphatic rings. The van der Waals surface area contributed by atoms with Crippen LogP contribution in [0.5, 0.6) is 0 Å². The fourth-order valence-corrected chi connectivity index (χ4v) is 2.65. The molecule has 2 atom stereocenters. The first-order chi connectivity index (χ1) is 12.7.